The van der Waals surface area contributed by atoms with Gasteiger partial charge in [-0.15, -0.1) is 0 Å². The zero-order valence-electron chi connectivity index (χ0n) is 9.41. The summed E-state index contributed by atoms with van der Waals surface area (Å²) in [5.74, 6) is 0. The molecule has 0 aromatic carbocycles. The average molecular weight is 207 g/mol. The number of nitrogens with zero attached hydrogens (tertiary/aromatic N) is 2. The number of piperidine rings is 1. The normalized spacial score (nSPS) is 54.0. The standard InChI is InChI=1S/C12H21N3/c1-2-11-8-15(7-10(1)13-11)12-3-5-14(9-12)6-4-12/h10-11,13H,1-9H2. The molecule has 3 nitrogen and oxygen atoms in total. The van der Waals surface area contributed by atoms with Crippen LogP contribution in [0.25, 0.3) is 0 Å². The van der Waals surface area contributed by atoms with Gasteiger partial charge >= 0.3 is 0 Å². The largest absolute Gasteiger partial charge is 0.309 e. The Morgan fingerprint density at radius 1 is 1.00 bits per heavy atom. The van der Waals surface area contributed by atoms with Crippen LogP contribution >= 0.6 is 0 Å². The summed E-state index contributed by atoms with van der Waals surface area (Å²) in [7, 11) is 0. The van der Waals surface area contributed by atoms with E-state index >= 15 is 0 Å². The third-order valence-electron chi connectivity index (χ3n) is 5.19. The Labute approximate surface area is 91.8 Å². The first-order valence-corrected chi connectivity index (χ1v) is 6.58. The van der Waals surface area contributed by atoms with Gasteiger partial charge in [-0.1, -0.05) is 0 Å². The number of piperazine rings is 1. The lowest BCUT2D eigenvalue weighted by molar-refractivity contribution is 0.0709. The van der Waals surface area contributed by atoms with Crippen molar-refractivity contribution in [2.45, 2.75) is 43.3 Å². The quantitative estimate of drug-likeness (QED) is 0.666. The number of hydrogen-bond donors (Lipinski definition) is 1. The zero-order chi connectivity index (χ0) is 9.88. The van der Waals surface area contributed by atoms with Crippen molar-refractivity contribution in [2.24, 2.45) is 0 Å². The lowest BCUT2D eigenvalue weighted by Gasteiger charge is -2.44. The van der Waals surface area contributed by atoms with E-state index in [2.05, 4.69) is 15.1 Å². The zero-order valence-corrected chi connectivity index (χ0v) is 9.41. The Hall–Kier alpha value is -0.120. The van der Waals surface area contributed by atoms with Gasteiger partial charge in [0, 0.05) is 50.3 Å². The van der Waals surface area contributed by atoms with Gasteiger partial charge in [0.1, 0.15) is 0 Å². The van der Waals surface area contributed by atoms with Crippen LogP contribution in [0.15, 0.2) is 0 Å². The first-order chi connectivity index (χ1) is 7.34. The van der Waals surface area contributed by atoms with Crippen LogP contribution in [-0.2, 0) is 0 Å². The van der Waals surface area contributed by atoms with E-state index < -0.39 is 0 Å². The number of fused-ring (bicyclic) bond motifs is 4. The molecule has 84 valence electrons. The molecule has 1 N–H and O–H groups in total. The van der Waals surface area contributed by atoms with Crippen molar-refractivity contribution in [1.29, 1.82) is 0 Å². The minimum atomic E-state index is 0.600. The van der Waals surface area contributed by atoms with Gasteiger partial charge in [0.15, 0.2) is 0 Å². The summed E-state index contributed by atoms with van der Waals surface area (Å²) in [6.07, 6.45) is 5.71. The lowest BCUT2D eigenvalue weighted by Crippen LogP contribution is -2.60. The second kappa shape index (κ2) is 2.96. The Bertz CT molecular complexity index is 258. The van der Waals surface area contributed by atoms with Crippen LogP contribution in [0.5, 0.6) is 0 Å². The fourth-order valence-corrected chi connectivity index (χ4v) is 4.30. The molecule has 4 aliphatic rings. The van der Waals surface area contributed by atoms with Gasteiger partial charge in [0.2, 0.25) is 0 Å². The summed E-state index contributed by atoms with van der Waals surface area (Å²) in [5.41, 5.74) is 0.600. The summed E-state index contributed by atoms with van der Waals surface area (Å²) < 4.78 is 0. The molecule has 4 rings (SSSR count). The van der Waals surface area contributed by atoms with Crippen LogP contribution < -0.4 is 5.32 Å². The van der Waals surface area contributed by atoms with Crippen molar-refractivity contribution >= 4 is 0 Å². The molecule has 3 heteroatoms. The van der Waals surface area contributed by atoms with Crippen molar-refractivity contribution in [3.05, 3.63) is 0 Å². The van der Waals surface area contributed by atoms with E-state index in [1.807, 2.05) is 0 Å². The van der Waals surface area contributed by atoms with Crippen molar-refractivity contribution < 1.29 is 0 Å². The Balaban J connectivity index is 1.57. The Morgan fingerprint density at radius 2 is 1.67 bits per heavy atom. The highest BCUT2D eigenvalue weighted by atomic mass is 15.4. The second-order valence-corrected chi connectivity index (χ2v) is 6.04. The average Bonchev–Trinajstić information content (AvgIpc) is 2.94. The van der Waals surface area contributed by atoms with E-state index in [4.69, 9.17) is 0 Å². The van der Waals surface area contributed by atoms with Gasteiger partial charge in [-0.3, -0.25) is 4.90 Å². The van der Waals surface area contributed by atoms with Crippen LogP contribution in [0.3, 0.4) is 0 Å². The molecule has 4 heterocycles. The van der Waals surface area contributed by atoms with Crippen molar-refractivity contribution in [1.82, 2.24) is 15.1 Å². The Kier molecular flexibility index (Phi) is 1.77. The molecule has 0 aromatic rings. The minimum Gasteiger partial charge on any atom is -0.309 e. The summed E-state index contributed by atoms with van der Waals surface area (Å²) >= 11 is 0. The van der Waals surface area contributed by atoms with Gasteiger partial charge in [0.05, 0.1) is 0 Å². The number of likely N-dealkylation sites (tertiary alicyclic amines) is 1. The molecule has 2 atom stereocenters. The molecule has 0 aliphatic carbocycles. The maximum atomic E-state index is 3.74. The highest BCUT2D eigenvalue weighted by Crippen LogP contribution is 2.39. The molecule has 4 saturated heterocycles. The second-order valence-electron chi connectivity index (χ2n) is 6.04. The van der Waals surface area contributed by atoms with E-state index in [0.29, 0.717) is 5.54 Å². The summed E-state index contributed by atoms with van der Waals surface area (Å²) in [6.45, 7) is 6.74. The maximum Gasteiger partial charge on any atom is 0.0362 e. The van der Waals surface area contributed by atoms with E-state index in [0.717, 1.165) is 12.1 Å². The molecule has 15 heavy (non-hydrogen) atoms. The van der Waals surface area contributed by atoms with Crippen molar-refractivity contribution in [3.8, 4) is 0 Å². The lowest BCUT2D eigenvalue weighted by atomic mass is 9.91. The Morgan fingerprint density at radius 3 is 2.20 bits per heavy atom. The molecule has 0 saturated carbocycles. The third kappa shape index (κ3) is 1.23. The summed E-state index contributed by atoms with van der Waals surface area (Å²) in [4.78, 5) is 5.50. The number of nitrogens with one attached hydrogen (secondary N) is 1. The van der Waals surface area contributed by atoms with Crippen LogP contribution in [-0.4, -0.2) is 60.1 Å². The van der Waals surface area contributed by atoms with Gasteiger partial charge in [-0.25, -0.2) is 0 Å². The van der Waals surface area contributed by atoms with E-state index in [1.165, 1.54) is 58.4 Å². The molecule has 4 bridgehead atoms. The highest BCUT2D eigenvalue weighted by molar-refractivity contribution is 5.08. The van der Waals surface area contributed by atoms with Crippen molar-refractivity contribution in [2.75, 3.05) is 32.7 Å². The minimum absolute atomic E-state index is 0.600. The fourth-order valence-electron chi connectivity index (χ4n) is 4.30. The van der Waals surface area contributed by atoms with Gasteiger partial charge in [0.25, 0.3) is 0 Å². The van der Waals surface area contributed by atoms with Gasteiger partial charge in [-0.2, -0.15) is 0 Å². The molecule has 0 aromatic heterocycles. The topological polar surface area (TPSA) is 18.5 Å². The highest BCUT2D eigenvalue weighted by Gasteiger charge is 2.50. The van der Waals surface area contributed by atoms with Crippen LogP contribution in [0.1, 0.15) is 25.7 Å². The molecule has 4 aliphatic heterocycles. The van der Waals surface area contributed by atoms with Gasteiger partial charge < -0.3 is 10.2 Å². The first kappa shape index (κ1) is 8.97. The summed E-state index contributed by atoms with van der Waals surface area (Å²) in [6, 6.07) is 1.63. The SMILES string of the molecule is C1CC2CN(C34CCN(CC3)C4)CC1N2. The molecule has 2 unspecified atom stereocenters. The fraction of sp³-hybridized carbons (Fsp3) is 1.00. The van der Waals surface area contributed by atoms with Crippen molar-refractivity contribution in [3.63, 3.8) is 0 Å². The predicted octanol–water partition coefficient (Wildman–Crippen LogP) is 0.271. The van der Waals surface area contributed by atoms with Gasteiger partial charge in [-0.05, 0) is 25.7 Å². The van der Waals surface area contributed by atoms with E-state index in [1.54, 1.807) is 0 Å². The van der Waals surface area contributed by atoms with Crippen LogP contribution in [0.4, 0.5) is 0 Å². The van der Waals surface area contributed by atoms with Crippen LogP contribution in [0, 0.1) is 0 Å². The van der Waals surface area contributed by atoms with E-state index in [9.17, 15) is 0 Å². The van der Waals surface area contributed by atoms with Crippen LogP contribution in [0.2, 0.25) is 0 Å². The maximum absolute atomic E-state index is 3.74. The monoisotopic (exact) mass is 207 g/mol. The first-order valence-electron chi connectivity index (χ1n) is 6.58. The predicted molar refractivity (Wildman–Crippen MR) is 59.9 cm³/mol. The number of hydrogen-bond acceptors (Lipinski definition) is 3. The number of rotatable bonds is 1. The molecule has 4 fully saturated rings. The molecular formula is C12H21N3. The third-order valence-corrected chi connectivity index (χ3v) is 5.19. The summed E-state index contributed by atoms with van der Waals surface area (Å²) in [5, 5.41) is 3.74. The smallest absolute Gasteiger partial charge is 0.0362 e. The molecule has 0 radical (unpaired) electrons. The van der Waals surface area contributed by atoms with E-state index in [-0.39, 0.29) is 0 Å². The molecule has 0 amide bonds. The molecular weight excluding hydrogens is 186 g/mol. The molecule has 0 spiro atoms.